The highest BCUT2D eigenvalue weighted by Crippen LogP contribution is 2.33. The number of nitrogens with one attached hydrogen (secondary N) is 1. The highest BCUT2D eigenvalue weighted by Gasteiger charge is 2.19. The minimum atomic E-state index is 0.480. The van der Waals surface area contributed by atoms with Gasteiger partial charge in [0, 0.05) is 16.6 Å². The van der Waals surface area contributed by atoms with Gasteiger partial charge < -0.3 is 9.88 Å². The summed E-state index contributed by atoms with van der Waals surface area (Å²) in [5.41, 5.74) is 1.99. The van der Waals surface area contributed by atoms with Crippen molar-refractivity contribution in [3.05, 3.63) is 40.8 Å². The SMILES string of the molecule is Clc1ccc(Cl)c(-c2cncn2C2CCNCC2)c1. The molecular weight excluding hydrogens is 281 g/mol. The van der Waals surface area contributed by atoms with E-state index in [4.69, 9.17) is 23.2 Å². The Balaban J connectivity index is 2.01. The topological polar surface area (TPSA) is 29.9 Å². The lowest BCUT2D eigenvalue weighted by Crippen LogP contribution is -2.29. The molecule has 1 aliphatic heterocycles. The molecule has 0 bridgehead atoms. The number of rotatable bonds is 2. The van der Waals surface area contributed by atoms with Gasteiger partial charge in [0.25, 0.3) is 0 Å². The van der Waals surface area contributed by atoms with Crippen molar-refractivity contribution in [2.75, 3.05) is 13.1 Å². The van der Waals surface area contributed by atoms with Crippen LogP contribution in [-0.4, -0.2) is 22.6 Å². The fourth-order valence-corrected chi connectivity index (χ4v) is 2.97. The molecule has 1 aromatic carbocycles. The van der Waals surface area contributed by atoms with E-state index < -0.39 is 0 Å². The first kappa shape index (κ1) is 13.0. The van der Waals surface area contributed by atoms with Gasteiger partial charge >= 0.3 is 0 Å². The lowest BCUT2D eigenvalue weighted by molar-refractivity contribution is 0.370. The number of nitrogens with zero attached hydrogens (tertiary/aromatic N) is 2. The Morgan fingerprint density at radius 1 is 1.21 bits per heavy atom. The van der Waals surface area contributed by atoms with E-state index in [1.165, 1.54) is 0 Å². The largest absolute Gasteiger partial charge is 0.327 e. The molecule has 5 heteroatoms. The number of halogens is 2. The number of benzene rings is 1. The molecule has 1 aliphatic rings. The minimum absolute atomic E-state index is 0.480. The molecule has 19 heavy (non-hydrogen) atoms. The van der Waals surface area contributed by atoms with Crippen LogP contribution in [0.25, 0.3) is 11.3 Å². The van der Waals surface area contributed by atoms with Crippen molar-refractivity contribution in [3.8, 4) is 11.3 Å². The molecule has 1 N–H and O–H groups in total. The summed E-state index contributed by atoms with van der Waals surface area (Å²) in [4.78, 5) is 4.29. The van der Waals surface area contributed by atoms with Crippen LogP contribution in [0.3, 0.4) is 0 Å². The highest BCUT2D eigenvalue weighted by molar-refractivity contribution is 6.35. The fourth-order valence-electron chi connectivity index (χ4n) is 2.58. The summed E-state index contributed by atoms with van der Waals surface area (Å²) in [6, 6.07) is 6.02. The summed E-state index contributed by atoms with van der Waals surface area (Å²) in [7, 11) is 0. The van der Waals surface area contributed by atoms with Gasteiger partial charge in [0.05, 0.1) is 23.2 Å². The third-order valence-electron chi connectivity index (χ3n) is 3.57. The summed E-state index contributed by atoms with van der Waals surface area (Å²) < 4.78 is 2.22. The maximum absolute atomic E-state index is 6.29. The summed E-state index contributed by atoms with van der Waals surface area (Å²) in [6.07, 6.45) is 5.98. The number of aromatic nitrogens is 2. The number of hydrogen-bond donors (Lipinski definition) is 1. The molecule has 1 fully saturated rings. The van der Waals surface area contributed by atoms with Crippen LogP contribution < -0.4 is 5.32 Å². The summed E-state index contributed by atoms with van der Waals surface area (Å²) in [5, 5.41) is 4.78. The molecule has 0 spiro atoms. The van der Waals surface area contributed by atoms with Crippen molar-refractivity contribution in [1.82, 2.24) is 14.9 Å². The number of piperidine rings is 1. The van der Waals surface area contributed by atoms with Crippen LogP contribution in [0, 0.1) is 0 Å². The number of hydrogen-bond acceptors (Lipinski definition) is 2. The van der Waals surface area contributed by atoms with Crippen LogP contribution in [-0.2, 0) is 0 Å². The van der Waals surface area contributed by atoms with E-state index in [0.717, 1.165) is 37.2 Å². The Morgan fingerprint density at radius 3 is 2.79 bits per heavy atom. The lowest BCUT2D eigenvalue weighted by atomic mass is 10.1. The second kappa shape index (κ2) is 5.53. The Morgan fingerprint density at radius 2 is 2.00 bits per heavy atom. The highest BCUT2D eigenvalue weighted by atomic mass is 35.5. The maximum Gasteiger partial charge on any atom is 0.0953 e. The van der Waals surface area contributed by atoms with E-state index in [2.05, 4.69) is 14.9 Å². The molecule has 2 aromatic rings. The van der Waals surface area contributed by atoms with Gasteiger partial charge in [-0.1, -0.05) is 23.2 Å². The normalized spacial score (nSPS) is 16.7. The molecule has 0 saturated carbocycles. The van der Waals surface area contributed by atoms with Crippen LogP contribution in [0.4, 0.5) is 0 Å². The third-order valence-corrected chi connectivity index (χ3v) is 4.14. The molecule has 2 heterocycles. The van der Waals surface area contributed by atoms with Gasteiger partial charge in [0.1, 0.15) is 0 Å². The van der Waals surface area contributed by atoms with Gasteiger partial charge in [0.2, 0.25) is 0 Å². The average Bonchev–Trinajstić information content (AvgIpc) is 2.91. The Bertz CT molecular complexity index is 574. The van der Waals surface area contributed by atoms with Crippen LogP contribution in [0.1, 0.15) is 18.9 Å². The maximum atomic E-state index is 6.29. The Hall–Kier alpha value is -1.03. The zero-order valence-electron chi connectivity index (χ0n) is 10.4. The van der Waals surface area contributed by atoms with Gasteiger partial charge in [-0.3, -0.25) is 0 Å². The monoisotopic (exact) mass is 295 g/mol. The average molecular weight is 296 g/mol. The molecule has 100 valence electrons. The van der Waals surface area contributed by atoms with Crippen molar-refractivity contribution in [2.45, 2.75) is 18.9 Å². The summed E-state index contributed by atoms with van der Waals surface area (Å²) >= 11 is 12.4. The standard InChI is InChI=1S/C14H15Cl2N3/c15-10-1-2-13(16)12(7-10)14-8-18-9-19(14)11-3-5-17-6-4-11/h1-2,7-9,11,17H,3-6H2. The zero-order chi connectivity index (χ0) is 13.2. The van der Waals surface area contributed by atoms with Crippen molar-refractivity contribution < 1.29 is 0 Å². The van der Waals surface area contributed by atoms with E-state index in [0.29, 0.717) is 16.1 Å². The molecular formula is C14H15Cl2N3. The van der Waals surface area contributed by atoms with Crippen molar-refractivity contribution in [3.63, 3.8) is 0 Å². The van der Waals surface area contributed by atoms with Crippen molar-refractivity contribution in [2.24, 2.45) is 0 Å². The van der Waals surface area contributed by atoms with Gasteiger partial charge in [-0.2, -0.15) is 0 Å². The second-order valence-corrected chi connectivity index (χ2v) is 5.64. The van der Waals surface area contributed by atoms with Crippen LogP contribution in [0.5, 0.6) is 0 Å². The Kier molecular flexibility index (Phi) is 3.78. The first-order valence-corrected chi connectivity index (χ1v) is 7.19. The third kappa shape index (κ3) is 2.64. The molecule has 0 aliphatic carbocycles. The van der Waals surface area contributed by atoms with Crippen LogP contribution in [0.15, 0.2) is 30.7 Å². The molecule has 0 atom stereocenters. The van der Waals surface area contributed by atoms with Gasteiger partial charge in [-0.15, -0.1) is 0 Å². The predicted octanol–water partition coefficient (Wildman–Crippen LogP) is 3.78. The minimum Gasteiger partial charge on any atom is -0.327 e. The molecule has 3 nitrogen and oxygen atoms in total. The van der Waals surface area contributed by atoms with Crippen LogP contribution >= 0.6 is 23.2 Å². The Labute approximate surface area is 122 Å². The van der Waals surface area contributed by atoms with E-state index in [1.54, 1.807) is 6.07 Å². The molecule has 1 saturated heterocycles. The quantitative estimate of drug-likeness (QED) is 0.914. The lowest BCUT2D eigenvalue weighted by Gasteiger charge is -2.25. The molecule has 1 aromatic heterocycles. The van der Waals surface area contributed by atoms with E-state index >= 15 is 0 Å². The van der Waals surface area contributed by atoms with E-state index in [1.807, 2.05) is 24.7 Å². The predicted molar refractivity (Wildman–Crippen MR) is 78.8 cm³/mol. The molecule has 3 rings (SSSR count). The molecule has 0 radical (unpaired) electrons. The fraction of sp³-hybridized carbons (Fsp3) is 0.357. The van der Waals surface area contributed by atoms with Crippen molar-refractivity contribution >= 4 is 23.2 Å². The second-order valence-electron chi connectivity index (χ2n) is 4.79. The van der Waals surface area contributed by atoms with E-state index in [9.17, 15) is 0 Å². The van der Waals surface area contributed by atoms with Gasteiger partial charge in [-0.25, -0.2) is 4.98 Å². The molecule has 0 amide bonds. The van der Waals surface area contributed by atoms with Gasteiger partial charge in [-0.05, 0) is 44.1 Å². The first-order chi connectivity index (χ1) is 9.25. The molecule has 0 unspecified atom stereocenters. The summed E-state index contributed by atoms with van der Waals surface area (Å²) in [6.45, 7) is 2.09. The van der Waals surface area contributed by atoms with Gasteiger partial charge in [0.15, 0.2) is 0 Å². The smallest absolute Gasteiger partial charge is 0.0953 e. The number of imidazole rings is 1. The van der Waals surface area contributed by atoms with Crippen LogP contribution in [0.2, 0.25) is 10.0 Å². The summed E-state index contributed by atoms with van der Waals surface area (Å²) in [5.74, 6) is 0. The zero-order valence-corrected chi connectivity index (χ0v) is 12.0. The van der Waals surface area contributed by atoms with Crippen molar-refractivity contribution in [1.29, 1.82) is 0 Å². The van der Waals surface area contributed by atoms with E-state index in [-0.39, 0.29) is 0 Å². The first-order valence-electron chi connectivity index (χ1n) is 6.43.